The fourth-order valence-corrected chi connectivity index (χ4v) is 4.42. The van der Waals surface area contributed by atoms with Gasteiger partial charge in [0.25, 0.3) is 0 Å². The van der Waals surface area contributed by atoms with Crippen LogP contribution in [0.5, 0.6) is 0 Å². The van der Waals surface area contributed by atoms with Crippen LogP contribution in [0.15, 0.2) is 41.2 Å². The van der Waals surface area contributed by atoms with Crippen molar-refractivity contribution in [1.29, 1.82) is 0 Å². The Labute approximate surface area is 169 Å². The number of allylic oxidation sites excluding steroid dienone is 1. The summed E-state index contributed by atoms with van der Waals surface area (Å²) in [5, 5.41) is 10.1. The third-order valence-corrected chi connectivity index (χ3v) is 6.07. The first-order valence-electron chi connectivity index (χ1n) is 10.0. The van der Waals surface area contributed by atoms with Crippen molar-refractivity contribution in [3.05, 3.63) is 53.0 Å². The Bertz CT molecular complexity index is 1100. The Morgan fingerprint density at radius 1 is 1.24 bits per heavy atom. The molecule has 0 aliphatic carbocycles. The molecule has 5 rings (SSSR count). The molecule has 2 aromatic heterocycles. The van der Waals surface area contributed by atoms with E-state index in [1.54, 1.807) is 11.3 Å². The number of aryl methyl sites for hydroxylation is 1. The number of aliphatic imine (C=N–C) groups is 1. The number of nitrogens with one attached hydrogen (secondary N) is 2. The number of aromatic nitrogens is 3. The second-order valence-electron chi connectivity index (χ2n) is 7.95. The molecule has 0 spiro atoms. The fraction of sp³-hybridized carbons (Fsp3) is 0.333. The van der Waals surface area contributed by atoms with E-state index in [9.17, 15) is 0 Å². The Morgan fingerprint density at radius 3 is 2.90 bits per heavy atom. The van der Waals surface area contributed by atoms with E-state index >= 15 is 0 Å². The molecule has 8 nitrogen and oxygen atoms in total. The van der Waals surface area contributed by atoms with Gasteiger partial charge in [-0.25, -0.2) is 10.8 Å². The van der Waals surface area contributed by atoms with E-state index in [2.05, 4.69) is 50.2 Å². The number of rotatable bonds is 3. The van der Waals surface area contributed by atoms with E-state index in [0.717, 1.165) is 66.5 Å². The summed E-state index contributed by atoms with van der Waals surface area (Å²) in [5.41, 5.74) is 12.8. The van der Waals surface area contributed by atoms with E-state index < -0.39 is 0 Å². The minimum atomic E-state index is 0.320. The molecule has 2 aliphatic rings. The summed E-state index contributed by atoms with van der Waals surface area (Å²) in [6.07, 6.45) is 5.53. The predicted octanol–water partition coefficient (Wildman–Crippen LogP) is 2.59. The zero-order valence-corrected chi connectivity index (χ0v) is 16.5. The number of hydrazine groups is 1. The molecule has 1 saturated heterocycles. The number of nitrogens with two attached hydrogens (primary N) is 2. The lowest BCUT2D eigenvalue weighted by Crippen LogP contribution is -2.37. The van der Waals surface area contributed by atoms with Crippen molar-refractivity contribution in [2.45, 2.75) is 26.3 Å². The highest BCUT2D eigenvalue weighted by Crippen LogP contribution is 2.35. The number of benzene rings is 1. The molecule has 0 amide bonds. The first-order chi connectivity index (χ1) is 14.1. The number of aromatic amines is 2. The Balaban J connectivity index is 1.29. The van der Waals surface area contributed by atoms with Crippen LogP contribution >= 0.6 is 0 Å². The van der Waals surface area contributed by atoms with Crippen LogP contribution in [0, 0.1) is 12.8 Å². The van der Waals surface area contributed by atoms with Gasteiger partial charge in [-0.1, -0.05) is 6.07 Å². The van der Waals surface area contributed by atoms with Gasteiger partial charge < -0.3 is 10.7 Å². The van der Waals surface area contributed by atoms with Gasteiger partial charge in [0.05, 0.1) is 11.2 Å². The molecule has 8 heteroatoms. The molecule has 4 heterocycles. The molecule has 0 saturated carbocycles. The third kappa shape index (κ3) is 3.20. The highest BCUT2D eigenvalue weighted by Gasteiger charge is 2.27. The van der Waals surface area contributed by atoms with E-state index in [-0.39, 0.29) is 0 Å². The summed E-state index contributed by atoms with van der Waals surface area (Å²) in [4.78, 5) is 9.94. The maximum absolute atomic E-state index is 6.61. The number of likely N-dealkylation sites (tertiary alicyclic amines) is 1. The van der Waals surface area contributed by atoms with Gasteiger partial charge in [0.1, 0.15) is 12.2 Å². The SMILES string of the molecule is Cc1[nH]nc2ccc(CN3CCC(/C(N)=C4\c5cc[nH]c5N=CN4N)CC3)cc12. The van der Waals surface area contributed by atoms with Gasteiger partial charge in [-0.2, -0.15) is 5.10 Å². The molecular formula is C21H26N8. The molecule has 0 bridgehead atoms. The maximum Gasteiger partial charge on any atom is 0.141 e. The molecule has 0 atom stereocenters. The van der Waals surface area contributed by atoms with E-state index in [1.807, 2.05) is 12.3 Å². The minimum absolute atomic E-state index is 0.320. The predicted molar refractivity (Wildman–Crippen MR) is 115 cm³/mol. The standard InChI is InChI=1S/C21H26N8/c1-13-17-10-14(2-3-18(17)27-26-13)11-28-8-5-15(6-9-28)19(22)20-16-4-7-24-21(16)25-12-29(20)23/h2-4,7,10,12,15,24H,5-6,8-9,11,22-23H2,1H3,(H,26,27)/b20-19-. The zero-order chi connectivity index (χ0) is 20.0. The number of hydrogen-bond donors (Lipinski definition) is 4. The molecule has 1 fully saturated rings. The largest absolute Gasteiger partial charge is 0.400 e. The molecule has 2 aliphatic heterocycles. The van der Waals surface area contributed by atoms with Gasteiger partial charge in [-0.15, -0.1) is 0 Å². The number of nitrogens with zero attached hydrogens (tertiary/aromatic N) is 4. The van der Waals surface area contributed by atoms with Crippen molar-refractivity contribution in [1.82, 2.24) is 25.1 Å². The van der Waals surface area contributed by atoms with Crippen LogP contribution in [-0.2, 0) is 6.54 Å². The van der Waals surface area contributed by atoms with Crippen LogP contribution in [-0.4, -0.2) is 44.5 Å². The van der Waals surface area contributed by atoms with E-state index in [1.165, 1.54) is 10.9 Å². The van der Waals surface area contributed by atoms with Gasteiger partial charge in [0.2, 0.25) is 0 Å². The van der Waals surface area contributed by atoms with Crippen LogP contribution in [0.2, 0.25) is 0 Å². The molecule has 0 radical (unpaired) electrons. The number of hydrogen-bond acceptors (Lipinski definition) is 6. The van der Waals surface area contributed by atoms with Crippen LogP contribution in [0.1, 0.15) is 29.7 Å². The van der Waals surface area contributed by atoms with Crippen molar-refractivity contribution in [3.8, 4) is 0 Å². The van der Waals surface area contributed by atoms with Crippen molar-refractivity contribution in [2.24, 2.45) is 22.5 Å². The summed E-state index contributed by atoms with van der Waals surface area (Å²) < 4.78 is 0. The Morgan fingerprint density at radius 2 is 2.07 bits per heavy atom. The molecule has 3 aromatic rings. The van der Waals surface area contributed by atoms with Gasteiger partial charge in [-0.05, 0) is 56.6 Å². The topological polar surface area (TPSA) is 115 Å². The number of H-pyrrole nitrogens is 2. The van der Waals surface area contributed by atoms with Crippen molar-refractivity contribution < 1.29 is 0 Å². The lowest BCUT2D eigenvalue weighted by Gasteiger charge is -2.34. The first kappa shape index (κ1) is 18.0. The Kier molecular flexibility index (Phi) is 4.37. The molecule has 6 N–H and O–H groups in total. The highest BCUT2D eigenvalue weighted by atomic mass is 15.4. The summed E-state index contributed by atoms with van der Waals surface area (Å²) in [6, 6.07) is 8.50. The lowest BCUT2D eigenvalue weighted by molar-refractivity contribution is 0.190. The molecule has 29 heavy (non-hydrogen) atoms. The van der Waals surface area contributed by atoms with Gasteiger partial charge in [0, 0.05) is 41.0 Å². The molecule has 0 unspecified atom stereocenters. The monoisotopic (exact) mass is 390 g/mol. The molecule has 1 aromatic carbocycles. The van der Waals surface area contributed by atoms with Crippen LogP contribution in [0.3, 0.4) is 0 Å². The van der Waals surface area contributed by atoms with E-state index in [4.69, 9.17) is 11.6 Å². The normalized spacial score (nSPS) is 19.7. The van der Waals surface area contributed by atoms with Crippen LogP contribution in [0.4, 0.5) is 5.82 Å². The van der Waals surface area contributed by atoms with Gasteiger partial charge >= 0.3 is 0 Å². The third-order valence-electron chi connectivity index (χ3n) is 6.07. The van der Waals surface area contributed by atoms with Crippen molar-refractivity contribution >= 4 is 28.8 Å². The number of piperidine rings is 1. The van der Waals surface area contributed by atoms with Crippen LogP contribution in [0.25, 0.3) is 16.6 Å². The average molecular weight is 390 g/mol. The second-order valence-corrected chi connectivity index (χ2v) is 7.95. The number of fused-ring (bicyclic) bond motifs is 2. The minimum Gasteiger partial charge on any atom is -0.400 e. The van der Waals surface area contributed by atoms with Crippen molar-refractivity contribution in [2.75, 3.05) is 13.1 Å². The zero-order valence-electron chi connectivity index (χ0n) is 16.5. The van der Waals surface area contributed by atoms with Gasteiger partial charge in [0.15, 0.2) is 0 Å². The summed E-state index contributed by atoms with van der Waals surface area (Å²) >= 11 is 0. The first-order valence-corrected chi connectivity index (χ1v) is 10.0. The summed E-state index contributed by atoms with van der Waals surface area (Å²) in [5.74, 6) is 7.28. The lowest BCUT2D eigenvalue weighted by atomic mass is 9.91. The summed E-state index contributed by atoms with van der Waals surface area (Å²) in [6.45, 7) is 5.04. The second kappa shape index (κ2) is 7.06. The van der Waals surface area contributed by atoms with E-state index in [0.29, 0.717) is 5.92 Å². The smallest absolute Gasteiger partial charge is 0.141 e. The average Bonchev–Trinajstić information content (AvgIpc) is 3.35. The quantitative estimate of drug-likeness (QED) is 0.513. The Hall–Kier alpha value is -3.10. The fourth-order valence-electron chi connectivity index (χ4n) is 4.42. The highest BCUT2D eigenvalue weighted by molar-refractivity contribution is 5.86. The van der Waals surface area contributed by atoms with Crippen molar-refractivity contribution in [3.63, 3.8) is 0 Å². The molecular weight excluding hydrogens is 364 g/mol. The van der Waals surface area contributed by atoms with Crippen LogP contribution < -0.4 is 11.6 Å². The summed E-state index contributed by atoms with van der Waals surface area (Å²) in [7, 11) is 0. The maximum atomic E-state index is 6.61. The van der Waals surface area contributed by atoms with Gasteiger partial charge in [-0.3, -0.25) is 15.0 Å². The molecule has 150 valence electrons.